The molecule has 1 atom stereocenters. The summed E-state index contributed by atoms with van der Waals surface area (Å²) in [5, 5.41) is 18.6. The highest BCUT2D eigenvalue weighted by Gasteiger charge is 2.10. The lowest BCUT2D eigenvalue weighted by molar-refractivity contribution is -0.139. The molecule has 0 bridgehead atoms. The number of aliphatic carboxylic acids is 2. The Morgan fingerprint density at radius 1 is 1.50 bits per heavy atom. The monoisotopic (exact) mass is 147 g/mol. The Hall–Kier alpha value is -1.10. The summed E-state index contributed by atoms with van der Waals surface area (Å²) in [7, 11) is 0. The van der Waals surface area contributed by atoms with Crippen LogP contribution in [0.2, 0.25) is 0 Å². The zero-order valence-electron chi connectivity index (χ0n) is 5.50. The van der Waals surface area contributed by atoms with Gasteiger partial charge in [-0.2, -0.15) is 0 Å². The third-order valence-corrected chi connectivity index (χ3v) is 0.930. The van der Waals surface area contributed by atoms with Crippen molar-refractivity contribution in [2.24, 2.45) is 0 Å². The van der Waals surface area contributed by atoms with Crippen molar-refractivity contribution in [2.45, 2.75) is 13.0 Å². The van der Waals surface area contributed by atoms with Crippen LogP contribution < -0.4 is 5.32 Å². The minimum Gasteiger partial charge on any atom is -0.480 e. The van der Waals surface area contributed by atoms with Crippen molar-refractivity contribution < 1.29 is 19.8 Å². The van der Waals surface area contributed by atoms with Crippen LogP contribution in [0.3, 0.4) is 0 Å². The van der Waals surface area contributed by atoms with Crippen LogP contribution in [0, 0.1) is 0 Å². The fourth-order valence-corrected chi connectivity index (χ4v) is 0.328. The topological polar surface area (TPSA) is 86.6 Å². The van der Waals surface area contributed by atoms with Crippen molar-refractivity contribution in [1.82, 2.24) is 5.32 Å². The number of carboxylic acids is 2. The van der Waals surface area contributed by atoms with E-state index in [2.05, 4.69) is 5.32 Å². The smallest absolute Gasteiger partial charge is 0.320 e. The van der Waals surface area contributed by atoms with Gasteiger partial charge in [-0.05, 0) is 6.92 Å². The fourth-order valence-electron chi connectivity index (χ4n) is 0.328. The second-order valence-electron chi connectivity index (χ2n) is 1.83. The van der Waals surface area contributed by atoms with Crippen LogP contribution in [0.1, 0.15) is 6.92 Å². The molecule has 3 N–H and O–H groups in total. The first-order chi connectivity index (χ1) is 4.54. The molecule has 0 aromatic carbocycles. The summed E-state index contributed by atoms with van der Waals surface area (Å²) in [5.74, 6) is -2.12. The first-order valence-electron chi connectivity index (χ1n) is 2.72. The van der Waals surface area contributed by atoms with Gasteiger partial charge in [-0.15, -0.1) is 0 Å². The van der Waals surface area contributed by atoms with Crippen molar-refractivity contribution in [1.29, 1.82) is 0 Å². The molecule has 0 aliphatic heterocycles. The molecular weight excluding hydrogens is 138 g/mol. The van der Waals surface area contributed by atoms with E-state index in [1.807, 2.05) is 0 Å². The molecule has 5 nitrogen and oxygen atoms in total. The van der Waals surface area contributed by atoms with E-state index in [0.717, 1.165) is 0 Å². The van der Waals surface area contributed by atoms with Gasteiger partial charge in [0, 0.05) is 0 Å². The summed E-state index contributed by atoms with van der Waals surface area (Å²) >= 11 is 0. The predicted molar refractivity (Wildman–Crippen MR) is 32.7 cm³/mol. The molecule has 0 amide bonds. The number of hydrogen-bond donors (Lipinski definition) is 3. The number of carbonyl (C=O) groups is 2. The van der Waals surface area contributed by atoms with E-state index in [4.69, 9.17) is 10.2 Å². The Morgan fingerprint density at radius 3 is 2.30 bits per heavy atom. The summed E-state index contributed by atoms with van der Waals surface area (Å²) in [4.78, 5) is 19.9. The summed E-state index contributed by atoms with van der Waals surface area (Å²) in [6.45, 7) is 1.05. The molecule has 5 heteroatoms. The SMILES string of the molecule is C[C@H](NCC(=O)O)C(=O)O. The standard InChI is InChI=1S/C5H9NO4/c1-3(5(9)10)6-2-4(7)8/h3,6H,2H2,1H3,(H,7,8)(H,9,10)/t3-/m0/s1. The number of carboxylic acid groups (broad SMARTS) is 2. The average Bonchev–Trinajstić information content (AvgIpc) is 1.82. The Bertz CT molecular complexity index is 145. The van der Waals surface area contributed by atoms with Crippen molar-refractivity contribution in [2.75, 3.05) is 6.54 Å². The molecule has 0 saturated carbocycles. The quantitative estimate of drug-likeness (QED) is 0.481. The van der Waals surface area contributed by atoms with Crippen LogP contribution in [0.15, 0.2) is 0 Å². The lowest BCUT2D eigenvalue weighted by Crippen LogP contribution is -2.37. The summed E-state index contributed by atoms with van der Waals surface area (Å²) in [6, 6.07) is -0.809. The van der Waals surface area contributed by atoms with Crippen LogP contribution in [-0.4, -0.2) is 34.7 Å². The minimum atomic E-state index is -1.06. The lowest BCUT2D eigenvalue weighted by atomic mass is 10.3. The molecule has 58 valence electrons. The third kappa shape index (κ3) is 3.85. The number of hydrogen-bond acceptors (Lipinski definition) is 3. The lowest BCUT2D eigenvalue weighted by Gasteiger charge is -2.04. The third-order valence-electron chi connectivity index (χ3n) is 0.930. The maximum atomic E-state index is 10.1. The Kier molecular flexibility index (Phi) is 3.42. The predicted octanol–water partition coefficient (Wildman–Crippen LogP) is -0.866. The summed E-state index contributed by atoms with van der Waals surface area (Å²) < 4.78 is 0. The second kappa shape index (κ2) is 3.84. The average molecular weight is 147 g/mol. The fraction of sp³-hybridized carbons (Fsp3) is 0.600. The van der Waals surface area contributed by atoms with Crippen molar-refractivity contribution in [3.05, 3.63) is 0 Å². The molecule has 0 heterocycles. The van der Waals surface area contributed by atoms with Crippen molar-refractivity contribution in [3.63, 3.8) is 0 Å². The molecule has 10 heavy (non-hydrogen) atoms. The molecule has 0 fully saturated rings. The Morgan fingerprint density at radius 2 is 2.00 bits per heavy atom. The van der Waals surface area contributed by atoms with Crippen LogP contribution in [-0.2, 0) is 9.59 Å². The molecular formula is C5H9NO4. The number of rotatable bonds is 4. The largest absolute Gasteiger partial charge is 0.480 e. The molecule has 0 saturated heterocycles. The van der Waals surface area contributed by atoms with Crippen LogP contribution in [0.4, 0.5) is 0 Å². The molecule has 0 aliphatic carbocycles. The normalized spacial score (nSPS) is 12.5. The number of nitrogens with one attached hydrogen (secondary N) is 1. The molecule has 0 radical (unpaired) electrons. The maximum Gasteiger partial charge on any atom is 0.320 e. The highest BCUT2D eigenvalue weighted by molar-refractivity contribution is 5.75. The van der Waals surface area contributed by atoms with E-state index >= 15 is 0 Å². The van der Waals surface area contributed by atoms with Gasteiger partial charge >= 0.3 is 11.9 Å². The molecule has 0 unspecified atom stereocenters. The van der Waals surface area contributed by atoms with Gasteiger partial charge in [0.15, 0.2) is 0 Å². The first-order valence-corrected chi connectivity index (χ1v) is 2.72. The van der Waals surface area contributed by atoms with Gasteiger partial charge in [0.1, 0.15) is 6.04 Å². The minimum absolute atomic E-state index is 0.326. The van der Waals surface area contributed by atoms with E-state index in [-0.39, 0.29) is 6.54 Å². The molecule has 0 aliphatic rings. The zero-order valence-corrected chi connectivity index (χ0v) is 5.50. The zero-order chi connectivity index (χ0) is 8.15. The van der Waals surface area contributed by atoms with Crippen molar-refractivity contribution in [3.8, 4) is 0 Å². The van der Waals surface area contributed by atoms with Crippen molar-refractivity contribution >= 4 is 11.9 Å². The van der Waals surface area contributed by atoms with E-state index in [9.17, 15) is 9.59 Å². The Labute approximate surface area is 57.7 Å². The van der Waals surface area contributed by atoms with E-state index < -0.39 is 18.0 Å². The summed E-state index contributed by atoms with van der Waals surface area (Å²) in [6.07, 6.45) is 0. The van der Waals surface area contributed by atoms with E-state index in [0.29, 0.717) is 0 Å². The van der Waals surface area contributed by atoms with Gasteiger partial charge in [-0.3, -0.25) is 14.9 Å². The van der Waals surface area contributed by atoms with E-state index in [1.165, 1.54) is 6.92 Å². The van der Waals surface area contributed by atoms with Gasteiger partial charge in [-0.1, -0.05) is 0 Å². The van der Waals surface area contributed by atoms with Gasteiger partial charge in [0.2, 0.25) is 0 Å². The highest BCUT2D eigenvalue weighted by Crippen LogP contribution is 1.78. The summed E-state index contributed by atoms with van der Waals surface area (Å²) in [5.41, 5.74) is 0. The van der Waals surface area contributed by atoms with Gasteiger partial charge in [0.25, 0.3) is 0 Å². The van der Waals surface area contributed by atoms with Crippen LogP contribution in [0.5, 0.6) is 0 Å². The van der Waals surface area contributed by atoms with Gasteiger partial charge in [0.05, 0.1) is 6.54 Å². The highest BCUT2D eigenvalue weighted by atomic mass is 16.4. The first kappa shape index (κ1) is 8.90. The molecule has 0 aromatic rings. The van der Waals surface area contributed by atoms with Gasteiger partial charge in [-0.25, -0.2) is 0 Å². The maximum absolute atomic E-state index is 10.1. The van der Waals surface area contributed by atoms with Crippen LogP contribution in [0.25, 0.3) is 0 Å². The second-order valence-corrected chi connectivity index (χ2v) is 1.83. The Balaban J connectivity index is 3.49. The molecule has 0 rings (SSSR count). The van der Waals surface area contributed by atoms with E-state index in [1.54, 1.807) is 0 Å². The molecule has 0 aromatic heterocycles. The molecule has 0 spiro atoms. The van der Waals surface area contributed by atoms with Gasteiger partial charge < -0.3 is 10.2 Å². The van der Waals surface area contributed by atoms with Crippen LogP contribution >= 0.6 is 0 Å².